The minimum absolute atomic E-state index is 0.221. The monoisotopic (exact) mass is 299 g/mol. The fourth-order valence-electron chi connectivity index (χ4n) is 2.61. The molecule has 112 valence electrons. The molecule has 1 fully saturated rings. The lowest BCUT2D eigenvalue weighted by Gasteiger charge is -2.34. The molecule has 0 aromatic heterocycles. The summed E-state index contributed by atoms with van der Waals surface area (Å²) in [6.45, 7) is 0. The maximum absolute atomic E-state index is 12.6. The van der Waals surface area contributed by atoms with Crippen molar-refractivity contribution in [2.75, 3.05) is 14.2 Å². The van der Waals surface area contributed by atoms with E-state index in [1.54, 1.807) is 19.2 Å². The van der Waals surface area contributed by atoms with E-state index in [4.69, 9.17) is 4.74 Å². The van der Waals surface area contributed by atoms with E-state index < -0.39 is 16.1 Å². The Morgan fingerprint density at radius 1 is 1.20 bits per heavy atom. The minimum atomic E-state index is -3.58. The smallest absolute Gasteiger partial charge is 0.243 e. The van der Waals surface area contributed by atoms with Crippen LogP contribution in [0.5, 0.6) is 5.75 Å². The number of sulfonamides is 1. The van der Waals surface area contributed by atoms with E-state index in [0.29, 0.717) is 18.6 Å². The highest BCUT2D eigenvalue weighted by atomic mass is 32.2. The molecule has 2 rings (SSSR count). The molecule has 6 heteroatoms. The summed E-state index contributed by atoms with van der Waals surface area (Å²) in [6, 6.07) is 5.96. The highest BCUT2D eigenvalue weighted by Crippen LogP contribution is 2.27. The molecule has 20 heavy (non-hydrogen) atoms. The third kappa shape index (κ3) is 2.97. The number of benzene rings is 1. The van der Waals surface area contributed by atoms with Gasteiger partial charge in [0.1, 0.15) is 5.75 Å². The van der Waals surface area contributed by atoms with Gasteiger partial charge in [0.2, 0.25) is 10.0 Å². The van der Waals surface area contributed by atoms with Crippen LogP contribution in [0.3, 0.4) is 0 Å². The molecule has 2 atom stereocenters. The number of nitrogens with zero attached hydrogens (tertiary/aromatic N) is 1. The van der Waals surface area contributed by atoms with Crippen molar-refractivity contribution in [1.29, 1.82) is 0 Å². The zero-order valence-electron chi connectivity index (χ0n) is 11.8. The predicted octanol–water partition coefficient (Wildman–Crippen LogP) is 1.62. The van der Waals surface area contributed by atoms with Gasteiger partial charge in [0.25, 0.3) is 0 Å². The third-order valence-electron chi connectivity index (χ3n) is 3.90. The summed E-state index contributed by atoms with van der Waals surface area (Å²) in [5, 5.41) is 10.0. The van der Waals surface area contributed by atoms with Crippen LogP contribution in [-0.2, 0) is 10.0 Å². The van der Waals surface area contributed by atoms with E-state index in [-0.39, 0.29) is 10.9 Å². The number of hydrogen-bond acceptors (Lipinski definition) is 4. The average Bonchev–Trinajstić information content (AvgIpc) is 2.47. The van der Waals surface area contributed by atoms with Crippen LogP contribution >= 0.6 is 0 Å². The molecular weight excluding hydrogens is 278 g/mol. The summed E-state index contributed by atoms with van der Waals surface area (Å²) in [7, 11) is -0.503. The van der Waals surface area contributed by atoms with E-state index in [0.717, 1.165) is 12.8 Å². The van der Waals surface area contributed by atoms with Crippen LogP contribution in [0, 0.1) is 0 Å². The zero-order chi connectivity index (χ0) is 14.8. The molecule has 0 radical (unpaired) electrons. The van der Waals surface area contributed by atoms with Crippen molar-refractivity contribution in [2.45, 2.75) is 42.7 Å². The quantitative estimate of drug-likeness (QED) is 0.917. The number of methoxy groups -OCH3 is 1. The van der Waals surface area contributed by atoms with Gasteiger partial charge >= 0.3 is 0 Å². The molecule has 0 saturated heterocycles. The Hall–Kier alpha value is -1.11. The van der Waals surface area contributed by atoms with Crippen LogP contribution in [0.4, 0.5) is 0 Å². The van der Waals surface area contributed by atoms with E-state index in [9.17, 15) is 13.5 Å². The van der Waals surface area contributed by atoms with Gasteiger partial charge in [-0.25, -0.2) is 8.42 Å². The first kappa shape index (κ1) is 15.3. The van der Waals surface area contributed by atoms with Crippen LogP contribution in [0.1, 0.15) is 25.7 Å². The summed E-state index contributed by atoms with van der Waals surface area (Å²) >= 11 is 0. The van der Waals surface area contributed by atoms with Crippen LogP contribution in [0.15, 0.2) is 29.2 Å². The van der Waals surface area contributed by atoms with Crippen molar-refractivity contribution in [3.8, 4) is 5.75 Å². The van der Waals surface area contributed by atoms with Gasteiger partial charge in [0.15, 0.2) is 0 Å². The molecule has 0 bridgehead atoms. The summed E-state index contributed by atoms with van der Waals surface area (Å²) in [6.07, 6.45) is 2.68. The number of hydrogen-bond donors (Lipinski definition) is 1. The van der Waals surface area contributed by atoms with Crippen molar-refractivity contribution in [1.82, 2.24) is 4.31 Å². The second-order valence-corrected chi connectivity index (χ2v) is 7.11. The maximum atomic E-state index is 12.6. The van der Waals surface area contributed by atoms with Gasteiger partial charge in [-0.2, -0.15) is 4.31 Å². The molecule has 0 amide bonds. The standard InChI is InChI=1S/C14H21NO4S/c1-15(13-5-3-4-6-14(13)16)20(17,18)12-9-7-11(19-2)8-10-12/h7-10,13-14,16H,3-6H2,1-2H3/t13-,14+/m1/s1. The SMILES string of the molecule is COc1ccc(S(=O)(=O)N(C)[C@@H]2CCCC[C@@H]2O)cc1. The highest BCUT2D eigenvalue weighted by molar-refractivity contribution is 7.89. The topological polar surface area (TPSA) is 66.8 Å². The lowest BCUT2D eigenvalue weighted by molar-refractivity contribution is 0.0638. The van der Waals surface area contributed by atoms with E-state index in [2.05, 4.69) is 0 Å². The highest BCUT2D eigenvalue weighted by Gasteiger charge is 2.34. The second kappa shape index (κ2) is 6.11. The molecule has 1 aliphatic carbocycles. The molecule has 5 nitrogen and oxygen atoms in total. The third-order valence-corrected chi connectivity index (χ3v) is 5.79. The fraction of sp³-hybridized carbons (Fsp3) is 0.571. The Balaban J connectivity index is 2.23. The Kier molecular flexibility index (Phi) is 4.67. The van der Waals surface area contributed by atoms with E-state index in [1.807, 2.05) is 0 Å². The number of ether oxygens (including phenoxy) is 1. The molecule has 1 N–H and O–H groups in total. The van der Waals surface area contributed by atoms with Gasteiger partial charge < -0.3 is 9.84 Å². The summed E-state index contributed by atoms with van der Waals surface area (Å²) in [5.41, 5.74) is 0. The van der Waals surface area contributed by atoms with Crippen LogP contribution in [0.2, 0.25) is 0 Å². The van der Waals surface area contributed by atoms with Crippen LogP contribution in [0.25, 0.3) is 0 Å². The molecule has 0 spiro atoms. The zero-order valence-corrected chi connectivity index (χ0v) is 12.6. The molecule has 0 heterocycles. The number of rotatable bonds is 4. The second-order valence-electron chi connectivity index (χ2n) is 5.12. The number of aliphatic hydroxyl groups excluding tert-OH is 1. The molecule has 1 aromatic rings. The average molecular weight is 299 g/mol. The first-order valence-electron chi connectivity index (χ1n) is 6.77. The van der Waals surface area contributed by atoms with Crippen LogP contribution in [-0.4, -0.2) is 44.1 Å². The first-order chi connectivity index (χ1) is 9.46. The Morgan fingerprint density at radius 3 is 2.35 bits per heavy atom. The van der Waals surface area contributed by atoms with E-state index in [1.165, 1.54) is 23.5 Å². The summed E-state index contributed by atoms with van der Waals surface area (Å²) in [5.74, 6) is 0.615. The Labute approximate surface area is 120 Å². The normalized spacial score (nSPS) is 23.8. The molecule has 1 aliphatic rings. The van der Waals surface area contributed by atoms with Crippen molar-refractivity contribution < 1.29 is 18.3 Å². The largest absolute Gasteiger partial charge is 0.497 e. The summed E-state index contributed by atoms with van der Waals surface area (Å²) in [4.78, 5) is 0.221. The Morgan fingerprint density at radius 2 is 1.80 bits per heavy atom. The fourth-order valence-corrected chi connectivity index (χ4v) is 4.02. The van der Waals surface area contributed by atoms with Crippen molar-refractivity contribution in [2.24, 2.45) is 0 Å². The number of aliphatic hydroxyl groups is 1. The maximum Gasteiger partial charge on any atom is 0.243 e. The van der Waals surface area contributed by atoms with Gasteiger partial charge in [0.05, 0.1) is 24.2 Å². The Bertz CT molecular complexity index is 541. The lowest BCUT2D eigenvalue weighted by Crippen LogP contribution is -2.46. The van der Waals surface area contributed by atoms with E-state index >= 15 is 0 Å². The van der Waals surface area contributed by atoms with Gasteiger partial charge in [0, 0.05) is 7.05 Å². The number of likely N-dealkylation sites (N-methyl/N-ethyl adjacent to an activating group) is 1. The molecule has 1 aromatic carbocycles. The lowest BCUT2D eigenvalue weighted by atomic mass is 9.93. The molecule has 0 aliphatic heterocycles. The van der Waals surface area contributed by atoms with Gasteiger partial charge in [-0.15, -0.1) is 0 Å². The molecule has 0 unspecified atom stereocenters. The summed E-state index contributed by atoms with van der Waals surface area (Å²) < 4.78 is 31.4. The van der Waals surface area contributed by atoms with Crippen molar-refractivity contribution in [3.05, 3.63) is 24.3 Å². The van der Waals surface area contributed by atoms with Gasteiger partial charge in [-0.05, 0) is 37.1 Å². The van der Waals surface area contributed by atoms with Gasteiger partial charge in [-0.1, -0.05) is 12.8 Å². The van der Waals surface area contributed by atoms with Crippen LogP contribution < -0.4 is 4.74 Å². The minimum Gasteiger partial charge on any atom is -0.497 e. The van der Waals surface area contributed by atoms with Crippen molar-refractivity contribution >= 4 is 10.0 Å². The van der Waals surface area contributed by atoms with Crippen molar-refractivity contribution in [3.63, 3.8) is 0 Å². The van der Waals surface area contributed by atoms with Gasteiger partial charge in [-0.3, -0.25) is 0 Å². The molecular formula is C14H21NO4S. The predicted molar refractivity (Wildman–Crippen MR) is 76.2 cm³/mol. The molecule has 1 saturated carbocycles. The first-order valence-corrected chi connectivity index (χ1v) is 8.21.